The highest BCUT2D eigenvalue weighted by Gasteiger charge is 2.27. The predicted octanol–water partition coefficient (Wildman–Crippen LogP) is 2.71. The fourth-order valence-electron chi connectivity index (χ4n) is 2.84. The van der Waals surface area contributed by atoms with Gasteiger partial charge >= 0.3 is 24.2 Å². The molecular formula is C25H46N4O9. The summed E-state index contributed by atoms with van der Waals surface area (Å²) in [5.41, 5.74) is -2.14. The third-order valence-corrected chi connectivity index (χ3v) is 4.28. The topological polar surface area (TPSA) is 162 Å². The lowest BCUT2D eigenvalue weighted by Gasteiger charge is -2.26. The minimum atomic E-state index is -1.11. The Kier molecular flexibility index (Phi) is 13.9. The molecule has 0 aliphatic heterocycles. The summed E-state index contributed by atoms with van der Waals surface area (Å²) in [7, 11) is 1.17. The van der Waals surface area contributed by atoms with Gasteiger partial charge in [-0.2, -0.15) is 0 Å². The molecule has 0 aliphatic carbocycles. The van der Waals surface area contributed by atoms with Crippen LogP contribution in [0.3, 0.4) is 0 Å². The lowest BCUT2D eigenvalue weighted by Crippen LogP contribution is -2.46. The fraction of sp³-hybridized carbons (Fsp3) is 0.800. The largest absolute Gasteiger partial charge is 0.467 e. The van der Waals surface area contributed by atoms with Crippen LogP contribution in [0.25, 0.3) is 0 Å². The van der Waals surface area contributed by atoms with Crippen molar-refractivity contribution in [1.29, 1.82) is 0 Å². The SMILES string of the molecule is COC(=O)[C@H](CCC(=O)N(CCNC(=O)OC(C)(C)C)CCNC(=O)OC(C)(C)C)NC(=O)OC(C)(C)C. The molecule has 1 atom stereocenters. The number of amides is 4. The summed E-state index contributed by atoms with van der Waals surface area (Å²) >= 11 is 0. The number of carbonyl (C=O) groups excluding carboxylic acids is 5. The standard InChI is InChI=1S/C25H46N4O9/c1-23(2,3)36-20(32)26-13-15-29(16-14-27-21(33)37-24(4,5)6)18(30)12-11-17(19(31)35-10)28-22(34)38-25(7,8)9/h17H,11-16H2,1-10H3,(H,26,32)(H,27,33)(H,28,34)/t17-/m0/s1. The molecule has 0 heterocycles. The van der Waals surface area contributed by atoms with Crippen LogP contribution in [0.2, 0.25) is 0 Å². The van der Waals surface area contributed by atoms with E-state index < -0.39 is 47.1 Å². The van der Waals surface area contributed by atoms with Crippen molar-refractivity contribution < 1.29 is 42.9 Å². The summed E-state index contributed by atoms with van der Waals surface area (Å²) in [5, 5.41) is 7.58. The molecule has 0 unspecified atom stereocenters. The molecule has 0 bridgehead atoms. The second kappa shape index (κ2) is 15.2. The highest BCUT2D eigenvalue weighted by atomic mass is 16.6. The zero-order chi connectivity index (χ0) is 29.7. The average molecular weight is 547 g/mol. The van der Waals surface area contributed by atoms with Gasteiger partial charge in [0.1, 0.15) is 22.8 Å². The second-order valence-electron chi connectivity index (χ2n) is 11.5. The number of hydrogen-bond acceptors (Lipinski definition) is 9. The summed E-state index contributed by atoms with van der Waals surface area (Å²) in [6, 6.07) is -1.11. The van der Waals surface area contributed by atoms with Gasteiger partial charge in [0, 0.05) is 32.6 Å². The van der Waals surface area contributed by atoms with E-state index in [4.69, 9.17) is 18.9 Å². The Morgan fingerprint density at radius 1 is 0.684 bits per heavy atom. The zero-order valence-corrected chi connectivity index (χ0v) is 24.4. The smallest absolute Gasteiger partial charge is 0.408 e. The van der Waals surface area contributed by atoms with Crippen LogP contribution >= 0.6 is 0 Å². The molecule has 13 heteroatoms. The first kappa shape index (κ1) is 34.8. The molecule has 38 heavy (non-hydrogen) atoms. The molecule has 0 fully saturated rings. The highest BCUT2D eigenvalue weighted by Crippen LogP contribution is 2.10. The van der Waals surface area contributed by atoms with Crippen molar-refractivity contribution in [2.45, 2.75) is 98.0 Å². The van der Waals surface area contributed by atoms with Gasteiger partial charge in [-0.15, -0.1) is 0 Å². The molecule has 0 saturated carbocycles. The van der Waals surface area contributed by atoms with E-state index in [1.165, 1.54) is 12.0 Å². The Morgan fingerprint density at radius 2 is 1.08 bits per heavy atom. The van der Waals surface area contributed by atoms with Crippen LogP contribution in [-0.2, 0) is 28.5 Å². The molecule has 0 aromatic carbocycles. The molecule has 4 amide bonds. The first-order valence-corrected chi connectivity index (χ1v) is 12.5. The quantitative estimate of drug-likeness (QED) is 0.261. The number of alkyl carbamates (subject to hydrolysis) is 3. The van der Waals surface area contributed by atoms with Crippen molar-refractivity contribution in [3.05, 3.63) is 0 Å². The maximum Gasteiger partial charge on any atom is 0.408 e. The van der Waals surface area contributed by atoms with Crippen LogP contribution in [0.1, 0.15) is 75.2 Å². The van der Waals surface area contributed by atoms with Crippen LogP contribution in [0.15, 0.2) is 0 Å². The molecule has 3 N–H and O–H groups in total. The molecular weight excluding hydrogens is 500 g/mol. The van der Waals surface area contributed by atoms with Crippen LogP contribution < -0.4 is 16.0 Å². The summed E-state index contributed by atoms with van der Waals surface area (Å²) in [6.07, 6.45) is -2.28. The number of methoxy groups -OCH3 is 1. The van der Waals surface area contributed by atoms with Gasteiger partial charge in [0.2, 0.25) is 5.91 Å². The molecule has 0 spiro atoms. The van der Waals surface area contributed by atoms with Crippen molar-refractivity contribution in [1.82, 2.24) is 20.9 Å². The Balaban J connectivity index is 5.21. The van der Waals surface area contributed by atoms with Gasteiger partial charge in [0.15, 0.2) is 0 Å². The third-order valence-electron chi connectivity index (χ3n) is 4.28. The summed E-state index contributed by atoms with van der Waals surface area (Å²) < 4.78 is 20.3. The van der Waals surface area contributed by atoms with Crippen LogP contribution in [0.5, 0.6) is 0 Å². The summed E-state index contributed by atoms with van der Waals surface area (Å²) in [4.78, 5) is 62.7. The maximum absolute atomic E-state index is 13.0. The van der Waals surface area contributed by atoms with Crippen LogP contribution in [-0.4, -0.2) is 91.2 Å². The van der Waals surface area contributed by atoms with E-state index >= 15 is 0 Å². The fourth-order valence-corrected chi connectivity index (χ4v) is 2.84. The number of rotatable bonds is 11. The zero-order valence-electron chi connectivity index (χ0n) is 24.4. The van der Waals surface area contributed by atoms with Crippen molar-refractivity contribution in [3.63, 3.8) is 0 Å². The Hall–Kier alpha value is -3.25. The number of carbonyl (C=O) groups is 5. The third kappa shape index (κ3) is 18.1. The van der Waals surface area contributed by atoms with E-state index in [0.717, 1.165) is 0 Å². The Labute approximate surface area is 225 Å². The predicted molar refractivity (Wildman–Crippen MR) is 139 cm³/mol. The minimum Gasteiger partial charge on any atom is -0.467 e. The number of hydrogen-bond donors (Lipinski definition) is 3. The van der Waals surface area contributed by atoms with Crippen molar-refractivity contribution in [2.24, 2.45) is 0 Å². The summed E-state index contributed by atoms with van der Waals surface area (Å²) in [5.74, 6) is -1.10. The summed E-state index contributed by atoms with van der Waals surface area (Å²) in [6.45, 7) is 15.8. The van der Waals surface area contributed by atoms with Gasteiger partial charge in [0.05, 0.1) is 7.11 Å². The Bertz CT molecular complexity index is 777. The lowest BCUT2D eigenvalue weighted by molar-refractivity contribution is -0.143. The van der Waals surface area contributed by atoms with Crippen molar-refractivity contribution in [2.75, 3.05) is 33.3 Å². The molecule has 0 aromatic rings. The second-order valence-corrected chi connectivity index (χ2v) is 11.5. The van der Waals surface area contributed by atoms with E-state index in [-0.39, 0.29) is 44.9 Å². The van der Waals surface area contributed by atoms with Crippen molar-refractivity contribution in [3.8, 4) is 0 Å². The van der Waals surface area contributed by atoms with E-state index in [1.807, 2.05) is 0 Å². The molecule has 0 aliphatic rings. The van der Waals surface area contributed by atoms with Gasteiger partial charge in [-0.05, 0) is 68.7 Å². The highest BCUT2D eigenvalue weighted by molar-refractivity contribution is 5.83. The monoisotopic (exact) mass is 546 g/mol. The molecule has 0 rings (SSSR count). The van der Waals surface area contributed by atoms with E-state index in [0.29, 0.717) is 0 Å². The van der Waals surface area contributed by atoms with Crippen LogP contribution in [0, 0.1) is 0 Å². The number of nitrogens with one attached hydrogen (secondary N) is 3. The van der Waals surface area contributed by atoms with Gasteiger partial charge in [-0.1, -0.05) is 0 Å². The maximum atomic E-state index is 13.0. The van der Waals surface area contributed by atoms with E-state index in [1.54, 1.807) is 62.3 Å². The van der Waals surface area contributed by atoms with E-state index in [9.17, 15) is 24.0 Å². The van der Waals surface area contributed by atoms with Crippen molar-refractivity contribution >= 4 is 30.2 Å². The average Bonchev–Trinajstić information content (AvgIpc) is 2.70. The molecule has 13 nitrogen and oxygen atoms in total. The minimum absolute atomic E-state index is 0.0553. The van der Waals surface area contributed by atoms with Gasteiger partial charge < -0.3 is 39.8 Å². The Morgan fingerprint density at radius 3 is 1.45 bits per heavy atom. The first-order chi connectivity index (χ1) is 17.2. The molecule has 0 radical (unpaired) electrons. The van der Waals surface area contributed by atoms with Crippen LogP contribution in [0.4, 0.5) is 14.4 Å². The molecule has 0 aromatic heterocycles. The number of ether oxygens (including phenoxy) is 4. The normalized spacial score (nSPS) is 12.5. The van der Waals surface area contributed by atoms with Gasteiger partial charge in [-0.25, -0.2) is 19.2 Å². The molecule has 0 saturated heterocycles. The van der Waals surface area contributed by atoms with Gasteiger partial charge in [-0.3, -0.25) is 4.79 Å². The first-order valence-electron chi connectivity index (χ1n) is 12.5. The number of esters is 1. The molecule has 220 valence electrons. The van der Waals surface area contributed by atoms with E-state index in [2.05, 4.69) is 16.0 Å². The van der Waals surface area contributed by atoms with Gasteiger partial charge in [0.25, 0.3) is 0 Å². The lowest BCUT2D eigenvalue weighted by atomic mass is 10.1. The number of nitrogens with zero attached hydrogens (tertiary/aromatic N) is 1.